The van der Waals surface area contributed by atoms with E-state index in [1.54, 1.807) is 0 Å². The number of nitrogens with zero attached hydrogens (tertiary/aromatic N) is 1. The third-order valence-electron chi connectivity index (χ3n) is 1.40. The second-order valence-electron chi connectivity index (χ2n) is 2.46. The topological polar surface area (TPSA) is 63.0 Å². The molecule has 0 aliphatic rings. The molecular formula is C7H12N4S2. The lowest BCUT2D eigenvalue weighted by Crippen LogP contribution is -2.30. The van der Waals surface area contributed by atoms with Crippen molar-refractivity contribution in [1.29, 1.82) is 0 Å². The summed E-state index contributed by atoms with van der Waals surface area (Å²) in [7, 11) is 0. The highest BCUT2D eigenvalue weighted by molar-refractivity contribution is 7.80. The fourth-order valence-electron chi connectivity index (χ4n) is 0.820. The quantitative estimate of drug-likeness (QED) is 0.501. The molecule has 0 aromatic carbocycles. The summed E-state index contributed by atoms with van der Waals surface area (Å²) >= 11 is 6.10. The van der Waals surface area contributed by atoms with Crippen molar-refractivity contribution in [3.63, 3.8) is 0 Å². The summed E-state index contributed by atoms with van der Waals surface area (Å²) in [6, 6.07) is 1.95. The van der Waals surface area contributed by atoms with Gasteiger partial charge in [0.2, 0.25) is 0 Å². The van der Waals surface area contributed by atoms with Gasteiger partial charge in [0.05, 0.1) is 0 Å². The molecule has 0 atom stereocenters. The third kappa shape index (κ3) is 4.64. The molecule has 0 aliphatic carbocycles. The van der Waals surface area contributed by atoms with Crippen molar-refractivity contribution in [3.05, 3.63) is 11.4 Å². The van der Waals surface area contributed by atoms with Gasteiger partial charge in [0.1, 0.15) is 5.82 Å². The summed E-state index contributed by atoms with van der Waals surface area (Å²) in [5.41, 5.74) is 5.26. The summed E-state index contributed by atoms with van der Waals surface area (Å²) < 4.78 is 4.11. The Morgan fingerprint density at radius 2 is 2.46 bits per heavy atom. The molecule has 0 spiro atoms. The maximum Gasteiger partial charge on any atom is 0.163 e. The lowest BCUT2D eigenvalue weighted by molar-refractivity contribution is 0.805. The van der Waals surface area contributed by atoms with Gasteiger partial charge in [-0.05, 0) is 36.2 Å². The van der Waals surface area contributed by atoms with Crippen molar-refractivity contribution in [2.45, 2.75) is 6.42 Å². The minimum Gasteiger partial charge on any atom is -0.376 e. The zero-order valence-electron chi connectivity index (χ0n) is 7.12. The largest absolute Gasteiger partial charge is 0.376 e. The van der Waals surface area contributed by atoms with E-state index in [9.17, 15) is 0 Å². The van der Waals surface area contributed by atoms with Gasteiger partial charge in [0.15, 0.2) is 5.11 Å². The van der Waals surface area contributed by atoms with Crippen molar-refractivity contribution < 1.29 is 0 Å². The number of hydrogen-bond donors (Lipinski definition) is 3. The fraction of sp³-hybridized carbons (Fsp3) is 0.429. The average Bonchev–Trinajstić information content (AvgIpc) is 2.55. The van der Waals surface area contributed by atoms with E-state index in [0.717, 1.165) is 25.3 Å². The van der Waals surface area contributed by atoms with E-state index in [1.165, 1.54) is 11.5 Å². The minimum atomic E-state index is 0.355. The average molecular weight is 216 g/mol. The van der Waals surface area contributed by atoms with Crippen molar-refractivity contribution in [2.75, 3.05) is 18.4 Å². The Labute approximate surface area is 86.7 Å². The highest BCUT2D eigenvalue weighted by Gasteiger charge is 1.92. The normalized spacial score (nSPS) is 9.54. The minimum absolute atomic E-state index is 0.355. The van der Waals surface area contributed by atoms with Gasteiger partial charge in [-0.25, -0.2) is 0 Å². The van der Waals surface area contributed by atoms with Crippen LogP contribution in [-0.2, 0) is 0 Å². The monoisotopic (exact) mass is 216 g/mol. The number of nitrogens with one attached hydrogen (secondary N) is 2. The first kappa shape index (κ1) is 10.2. The van der Waals surface area contributed by atoms with E-state index in [4.69, 9.17) is 5.73 Å². The number of rotatable bonds is 5. The Morgan fingerprint density at radius 1 is 1.62 bits per heavy atom. The van der Waals surface area contributed by atoms with Gasteiger partial charge in [-0.15, -0.1) is 0 Å². The summed E-state index contributed by atoms with van der Waals surface area (Å²) in [6.45, 7) is 1.67. The zero-order chi connectivity index (χ0) is 9.52. The molecular weight excluding hydrogens is 204 g/mol. The van der Waals surface area contributed by atoms with E-state index in [0.29, 0.717) is 5.11 Å². The Balaban J connectivity index is 1.99. The second kappa shape index (κ2) is 5.71. The number of aromatic nitrogens is 1. The SMILES string of the molecule is NC(=S)NCCCNc1ccsn1. The van der Waals surface area contributed by atoms with Gasteiger partial charge in [-0.1, -0.05) is 0 Å². The highest BCUT2D eigenvalue weighted by Crippen LogP contribution is 2.04. The molecule has 0 unspecified atom stereocenters. The van der Waals surface area contributed by atoms with Gasteiger partial charge in [-0.3, -0.25) is 0 Å². The predicted octanol–water partition coefficient (Wildman–Crippen LogP) is 0.778. The number of anilines is 1. The van der Waals surface area contributed by atoms with Crippen LogP contribution < -0.4 is 16.4 Å². The molecule has 0 radical (unpaired) electrons. The third-order valence-corrected chi connectivity index (χ3v) is 2.10. The van der Waals surface area contributed by atoms with Crippen LogP contribution in [-0.4, -0.2) is 22.6 Å². The summed E-state index contributed by atoms with van der Waals surface area (Å²) in [6.07, 6.45) is 0.967. The molecule has 4 N–H and O–H groups in total. The van der Waals surface area contributed by atoms with Crippen LogP contribution in [0.3, 0.4) is 0 Å². The van der Waals surface area contributed by atoms with Crippen LogP contribution in [0.2, 0.25) is 0 Å². The van der Waals surface area contributed by atoms with Gasteiger partial charge in [0.25, 0.3) is 0 Å². The first-order valence-electron chi connectivity index (χ1n) is 3.96. The first-order chi connectivity index (χ1) is 6.29. The van der Waals surface area contributed by atoms with Gasteiger partial charge >= 0.3 is 0 Å². The molecule has 13 heavy (non-hydrogen) atoms. The van der Waals surface area contributed by atoms with Crippen LogP contribution in [0.15, 0.2) is 11.4 Å². The molecule has 4 nitrogen and oxygen atoms in total. The molecule has 1 aromatic rings. The zero-order valence-corrected chi connectivity index (χ0v) is 8.75. The summed E-state index contributed by atoms with van der Waals surface area (Å²) in [5.74, 6) is 0.931. The highest BCUT2D eigenvalue weighted by atomic mass is 32.1. The van der Waals surface area contributed by atoms with Crippen LogP contribution in [0.25, 0.3) is 0 Å². The predicted molar refractivity (Wildman–Crippen MR) is 60.0 cm³/mol. The van der Waals surface area contributed by atoms with E-state index in [-0.39, 0.29) is 0 Å². The molecule has 0 saturated heterocycles. The number of thiocarbonyl (C=S) groups is 1. The Morgan fingerprint density at radius 3 is 3.08 bits per heavy atom. The summed E-state index contributed by atoms with van der Waals surface area (Å²) in [5, 5.41) is 8.35. The fourth-order valence-corrected chi connectivity index (χ4v) is 1.41. The molecule has 0 amide bonds. The maximum atomic E-state index is 5.26. The molecule has 0 bridgehead atoms. The van der Waals surface area contributed by atoms with E-state index in [2.05, 4.69) is 27.2 Å². The Bertz CT molecular complexity index is 247. The second-order valence-corrected chi connectivity index (χ2v) is 3.56. The van der Waals surface area contributed by atoms with E-state index in [1.807, 2.05) is 11.4 Å². The Hall–Kier alpha value is -0.880. The molecule has 0 aliphatic heterocycles. The van der Waals surface area contributed by atoms with Crippen molar-refractivity contribution in [3.8, 4) is 0 Å². The molecule has 0 fully saturated rings. The molecule has 72 valence electrons. The standard InChI is InChI=1S/C7H12N4S2/c8-7(12)10-4-1-3-9-6-2-5-13-11-6/h2,5H,1,3-4H2,(H,9,11)(H3,8,10,12). The van der Waals surface area contributed by atoms with Crippen LogP contribution in [0.1, 0.15) is 6.42 Å². The van der Waals surface area contributed by atoms with Crippen molar-refractivity contribution in [2.24, 2.45) is 5.73 Å². The van der Waals surface area contributed by atoms with Crippen molar-refractivity contribution in [1.82, 2.24) is 9.69 Å². The van der Waals surface area contributed by atoms with Crippen LogP contribution in [0, 0.1) is 0 Å². The lowest BCUT2D eigenvalue weighted by Gasteiger charge is -2.04. The molecule has 1 rings (SSSR count). The maximum absolute atomic E-state index is 5.26. The first-order valence-corrected chi connectivity index (χ1v) is 5.21. The van der Waals surface area contributed by atoms with Crippen LogP contribution in [0.4, 0.5) is 5.82 Å². The molecule has 6 heteroatoms. The molecule has 1 aromatic heterocycles. The van der Waals surface area contributed by atoms with Gasteiger partial charge in [-0.2, -0.15) is 4.37 Å². The van der Waals surface area contributed by atoms with Gasteiger partial charge < -0.3 is 16.4 Å². The lowest BCUT2D eigenvalue weighted by atomic mass is 10.4. The number of hydrogen-bond acceptors (Lipinski definition) is 4. The van der Waals surface area contributed by atoms with E-state index < -0.39 is 0 Å². The van der Waals surface area contributed by atoms with Crippen molar-refractivity contribution >= 4 is 34.7 Å². The summed E-state index contributed by atoms with van der Waals surface area (Å²) in [4.78, 5) is 0. The smallest absolute Gasteiger partial charge is 0.163 e. The van der Waals surface area contributed by atoms with E-state index >= 15 is 0 Å². The van der Waals surface area contributed by atoms with Crippen LogP contribution in [0.5, 0.6) is 0 Å². The van der Waals surface area contributed by atoms with Gasteiger partial charge in [0, 0.05) is 18.5 Å². The molecule has 1 heterocycles. The Kier molecular flexibility index (Phi) is 4.48. The number of nitrogens with two attached hydrogens (primary N) is 1. The molecule has 0 saturated carbocycles. The van der Waals surface area contributed by atoms with Crippen LogP contribution >= 0.6 is 23.8 Å².